The van der Waals surface area contributed by atoms with Gasteiger partial charge in [0.15, 0.2) is 0 Å². The summed E-state index contributed by atoms with van der Waals surface area (Å²) in [6.45, 7) is 4.16. The molecule has 0 aliphatic rings. The van der Waals surface area contributed by atoms with E-state index in [1.165, 1.54) is 5.56 Å². The van der Waals surface area contributed by atoms with Gasteiger partial charge in [-0.05, 0) is 40.9 Å². The van der Waals surface area contributed by atoms with E-state index in [1.54, 1.807) is 6.33 Å². The summed E-state index contributed by atoms with van der Waals surface area (Å²) in [5.41, 5.74) is 3.28. The molecule has 2 N–H and O–H groups in total. The molecule has 100 valence electrons. The van der Waals surface area contributed by atoms with Crippen molar-refractivity contribution >= 4 is 33.3 Å². The van der Waals surface area contributed by atoms with E-state index < -0.39 is 0 Å². The zero-order chi connectivity index (χ0) is 13.8. The Labute approximate surface area is 121 Å². The second-order valence-electron chi connectivity index (χ2n) is 4.21. The summed E-state index contributed by atoms with van der Waals surface area (Å²) in [6, 6.07) is 6.11. The molecular formula is C14H17BrN4. The van der Waals surface area contributed by atoms with Gasteiger partial charge in [-0.1, -0.05) is 19.1 Å². The summed E-state index contributed by atoms with van der Waals surface area (Å²) < 4.78 is 1.06. The molecular weight excluding hydrogens is 304 g/mol. The van der Waals surface area contributed by atoms with Crippen LogP contribution in [0.3, 0.4) is 0 Å². The van der Waals surface area contributed by atoms with Crippen LogP contribution in [0.4, 0.5) is 17.3 Å². The molecule has 0 saturated heterocycles. The van der Waals surface area contributed by atoms with Crippen LogP contribution in [0, 0.1) is 6.92 Å². The van der Waals surface area contributed by atoms with Gasteiger partial charge in [-0.2, -0.15) is 0 Å². The molecule has 0 aliphatic heterocycles. The summed E-state index contributed by atoms with van der Waals surface area (Å²) in [5.74, 6) is 1.71. The molecule has 2 rings (SSSR count). The standard InChI is InChI=1S/C14H17BrN4/c1-4-10-13(16-3)17-8-18-14(10)19-11-7-5-6-9(2)12(11)15/h5-8H,4H2,1-3H3,(H2,16,17,18,19). The first kappa shape index (κ1) is 13.8. The Morgan fingerprint density at radius 2 is 1.95 bits per heavy atom. The Morgan fingerprint density at radius 3 is 2.63 bits per heavy atom. The quantitative estimate of drug-likeness (QED) is 0.897. The molecule has 1 aromatic heterocycles. The molecule has 1 aromatic carbocycles. The molecule has 0 aliphatic carbocycles. The number of nitrogens with zero attached hydrogens (tertiary/aromatic N) is 2. The van der Waals surface area contributed by atoms with Crippen LogP contribution in [0.15, 0.2) is 29.0 Å². The fourth-order valence-corrected chi connectivity index (χ4v) is 2.31. The van der Waals surface area contributed by atoms with Crippen molar-refractivity contribution in [1.82, 2.24) is 9.97 Å². The Bertz CT molecular complexity index is 584. The molecule has 0 spiro atoms. The van der Waals surface area contributed by atoms with Crippen molar-refractivity contribution in [3.8, 4) is 0 Å². The van der Waals surface area contributed by atoms with Crippen molar-refractivity contribution in [3.63, 3.8) is 0 Å². The predicted molar refractivity (Wildman–Crippen MR) is 83.1 cm³/mol. The molecule has 1 heterocycles. The maximum atomic E-state index is 4.34. The minimum atomic E-state index is 0.841. The lowest BCUT2D eigenvalue weighted by Crippen LogP contribution is -2.05. The van der Waals surface area contributed by atoms with Crippen molar-refractivity contribution in [1.29, 1.82) is 0 Å². The van der Waals surface area contributed by atoms with Gasteiger partial charge in [0.1, 0.15) is 18.0 Å². The number of rotatable bonds is 4. The van der Waals surface area contributed by atoms with E-state index in [0.717, 1.165) is 33.8 Å². The number of anilines is 3. The van der Waals surface area contributed by atoms with Gasteiger partial charge in [-0.25, -0.2) is 9.97 Å². The number of hydrogen-bond acceptors (Lipinski definition) is 4. The van der Waals surface area contributed by atoms with E-state index in [4.69, 9.17) is 0 Å². The Morgan fingerprint density at radius 1 is 1.21 bits per heavy atom. The van der Waals surface area contributed by atoms with Gasteiger partial charge >= 0.3 is 0 Å². The average Bonchev–Trinajstić information content (AvgIpc) is 2.43. The van der Waals surface area contributed by atoms with Crippen LogP contribution in [-0.4, -0.2) is 17.0 Å². The van der Waals surface area contributed by atoms with Gasteiger partial charge in [-0.15, -0.1) is 0 Å². The van der Waals surface area contributed by atoms with Gasteiger partial charge in [-0.3, -0.25) is 0 Å². The lowest BCUT2D eigenvalue weighted by atomic mass is 10.2. The van der Waals surface area contributed by atoms with Gasteiger partial charge < -0.3 is 10.6 Å². The molecule has 19 heavy (non-hydrogen) atoms. The lowest BCUT2D eigenvalue weighted by Gasteiger charge is -2.14. The fourth-order valence-electron chi connectivity index (χ4n) is 1.94. The Kier molecular flexibility index (Phi) is 4.37. The first-order valence-corrected chi connectivity index (χ1v) is 7.00. The lowest BCUT2D eigenvalue weighted by molar-refractivity contribution is 1.05. The minimum Gasteiger partial charge on any atom is -0.373 e. The molecule has 5 heteroatoms. The number of hydrogen-bond donors (Lipinski definition) is 2. The smallest absolute Gasteiger partial charge is 0.139 e. The van der Waals surface area contributed by atoms with Crippen molar-refractivity contribution in [3.05, 3.63) is 40.1 Å². The molecule has 0 saturated carbocycles. The molecule has 0 amide bonds. The van der Waals surface area contributed by atoms with E-state index in [-0.39, 0.29) is 0 Å². The van der Waals surface area contributed by atoms with Crippen LogP contribution in [0.1, 0.15) is 18.1 Å². The van der Waals surface area contributed by atoms with Crippen LogP contribution in [0.25, 0.3) is 0 Å². The normalized spacial score (nSPS) is 10.3. The molecule has 0 bridgehead atoms. The maximum absolute atomic E-state index is 4.34. The molecule has 0 atom stereocenters. The van der Waals surface area contributed by atoms with Crippen LogP contribution in [0.5, 0.6) is 0 Å². The van der Waals surface area contributed by atoms with E-state index in [0.29, 0.717) is 0 Å². The third kappa shape index (κ3) is 2.87. The highest BCUT2D eigenvalue weighted by molar-refractivity contribution is 9.10. The zero-order valence-corrected chi connectivity index (χ0v) is 12.9. The number of aryl methyl sites for hydroxylation is 1. The van der Waals surface area contributed by atoms with Crippen molar-refractivity contribution < 1.29 is 0 Å². The van der Waals surface area contributed by atoms with Crippen molar-refractivity contribution in [2.45, 2.75) is 20.3 Å². The van der Waals surface area contributed by atoms with Crippen LogP contribution in [0.2, 0.25) is 0 Å². The largest absolute Gasteiger partial charge is 0.373 e. The number of benzene rings is 1. The highest BCUT2D eigenvalue weighted by Crippen LogP contribution is 2.30. The molecule has 0 unspecified atom stereocenters. The third-order valence-corrected chi connectivity index (χ3v) is 4.03. The first-order chi connectivity index (χ1) is 9.17. The van der Waals surface area contributed by atoms with Crippen LogP contribution in [-0.2, 0) is 6.42 Å². The monoisotopic (exact) mass is 320 g/mol. The van der Waals surface area contributed by atoms with Crippen molar-refractivity contribution in [2.75, 3.05) is 17.7 Å². The topological polar surface area (TPSA) is 49.8 Å². The number of nitrogens with one attached hydrogen (secondary N) is 2. The summed E-state index contributed by atoms with van der Waals surface area (Å²) in [7, 11) is 1.87. The van der Waals surface area contributed by atoms with Crippen LogP contribution < -0.4 is 10.6 Å². The number of aromatic nitrogens is 2. The van der Waals surface area contributed by atoms with Crippen molar-refractivity contribution in [2.24, 2.45) is 0 Å². The highest BCUT2D eigenvalue weighted by Gasteiger charge is 2.10. The van der Waals surface area contributed by atoms with Gasteiger partial charge in [0.25, 0.3) is 0 Å². The third-order valence-electron chi connectivity index (χ3n) is 2.98. The summed E-state index contributed by atoms with van der Waals surface area (Å²) in [4.78, 5) is 8.58. The van der Waals surface area contributed by atoms with Gasteiger partial charge in [0.05, 0.1) is 5.69 Å². The summed E-state index contributed by atoms with van der Waals surface area (Å²) in [5, 5.41) is 6.47. The second kappa shape index (κ2) is 6.02. The first-order valence-electron chi connectivity index (χ1n) is 6.21. The molecule has 0 radical (unpaired) electrons. The Hall–Kier alpha value is -1.62. The summed E-state index contributed by atoms with van der Waals surface area (Å²) >= 11 is 3.60. The molecule has 4 nitrogen and oxygen atoms in total. The van der Waals surface area contributed by atoms with Gasteiger partial charge in [0, 0.05) is 17.1 Å². The highest BCUT2D eigenvalue weighted by atomic mass is 79.9. The number of halogens is 1. The minimum absolute atomic E-state index is 0.841. The summed E-state index contributed by atoms with van der Waals surface area (Å²) in [6.07, 6.45) is 2.43. The molecule has 0 fully saturated rings. The van der Waals surface area contributed by atoms with E-state index in [9.17, 15) is 0 Å². The van der Waals surface area contributed by atoms with Crippen LogP contribution >= 0.6 is 15.9 Å². The second-order valence-corrected chi connectivity index (χ2v) is 5.01. The van der Waals surface area contributed by atoms with E-state index >= 15 is 0 Å². The SMILES string of the molecule is CCc1c(NC)ncnc1Nc1cccc(C)c1Br. The van der Waals surface area contributed by atoms with E-state index in [2.05, 4.69) is 56.4 Å². The Balaban J connectivity index is 2.41. The predicted octanol–water partition coefficient (Wildman–Crippen LogP) is 3.90. The van der Waals surface area contributed by atoms with E-state index in [1.807, 2.05) is 19.2 Å². The average molecular weight is 321 g/mol. The van der Waals surface area contributed by atoms with Gasteiger partial charge in [0.2, 0.25) is 0 Å². The maximum Gasteiger partial charge on any atom is 0.139 e. The fraction of sp³-hybridized carbons (Fsp3) is 0.286. The zero-order valence-electron chi connectivity index (χ0n) is 11.3. The molecule has 2 aromatic rings.